The molecule has 0 aliphatic rings. The van der Waals surface area contributed by atoms with Crippen molar-refractivity contribution >= 4 is 11.8 Å². The summed E-state index contributed by atoms with van der Waals surface area (Å²) < 4.78 is 5.13. The van der Waals surface area contributed by atoms with Crippen molar-refractivity contribution in [2.45, 2.75) is 32.8 Å². The SMILES string of the molecule is CC(C)(C)OC(=O)Nc1ccc(CCN=O)cc1. The maximum absolute atomic E-state index is 11.5. The van der Waals surface area contributed by atoms with Crippen LogP contribution >= 0.6 is 0 Å². The van der Waals surface area contributed by atoms with Crippen molar-refractivity contribution in [1.29, 1.82) is 0 Å². The maximum Gasteiger partial charge on any atom is 0.412 e. The number of hydrogen-bond donors (Lipinski definition) is 1. The largest absolute Gasteiger partial charge is 0.444 e. The molecule has 0 spiro atoms. The molecule has 0 heterocycles. The fourth-order valence-corrected chi connectivity index (χ4v) is 1.35. The van der Waals surface area contributed by atoms with E-state index in [1.807, 2.05) is 32.9 Å². The highest BCUT2D eigenvalue weighted by Gasteiger charge is 2.15. The van der Waals surface area contributed by atoms with E-state index >= 15 is 0 Å². The van der Waals surface area contributed by atoms with Gasteiger partial charge in [-0.15, -0.1) is 0 Å². The van der Waals surface area contributed by atoms with Crippen LogP contribution in [0.3, 0.4) is 0 Å². The summed E-state index contributed by atoms with van der Waals surface area (Å²) in [6.07, 6.45) is 0.126. The molecule has 5 nitrogen and oxygen atoms in total. The Balaban J connectivity index is 2.53. The van der Waals surface area contributed by atoms with E-state index in [1.165, 1.54) is 0 Å². The first-order valence-corrected chi connectivity index (χ1v) is 5.79. The van der Waals surface area contributed by atoms with Gasteiger partial charge in [-0.1, -0.05) is 17.3 Å². The zero-order valence-corrected chi connectivity index (χ0v) is 10.9. The topological polar surface area (TPSA) is 67.8 Å². The highest BCUT2D eigenvalue weighted by atomic mass is 16.6. The fourth-order valence-electron chi connectivity index (χ4n) is 1.35. The molecule has 1 aromatic carbocycles. The molecule has 0 saturated heterocycles. The van der Waals surface area contributed by atoms with Crippen LogP contribution in [-0.4, -0.2) is 18.2 Å². The first-order valence-electron chi connectivity index (χ1n) is 5.79. The van der Waals surface area contributed by atoms with Gasteiger partial charge in [0.05, 0.1) is 6.54 Å². The molecular weight excluding hydrogens is 232 g/mol. The second kappa shape index (κ2) is 6.14. The Hall–Kier alpha value is -1.91. The Labute approximate surface area is 107 Å². The first kappa shape index (κ1) is 14.2. The third-order valence-corrected chi connectivity index (χ3v) is 2.09. The van der Waals surface area contributed by atoms with E-state index in [9.17, 15) is 9.70 Å². The molecule has 0 radical (unpaired) electrons. The summed E-state index contributed by atoms with van der Waals surface area (Å²) in [6.45, 7) is 5.69. The Morgan fingerprint density at radius 2 is 1.89 bits per heavy atom. The summed E-state index contributed by atoms with van der Waals surface area (Å²) in [5, 5.41) is 5.44. The first-order chi connectivity index (χ1) is 8.40. The van der Waals surface area contributed by atoms with E-state index in [4.69, 9.17) is 4.74 Å². The molecule has 0 aliphatic heterocycles. The summed E-state index contributed by atoms with van der Waals surface area (Å²) in [6, 6.07) is 7.23. The molecule has 0 aromatic heterocycles. The van der Waals surface area contributed by atoms with Crippen molar-refractivity contribution in [2.75, 3.05) is 11.9 Å². The van der Waals surface area contributed by atoms with E-state index < -0.39 is 11.7 Å². The van der Waals surface area contributed by atoms with Gasteiger partial charge in [-0.25, -0.2) is 4.79 Å². The fraction of sp³-hybridized carbons (Fsp3) is 0.462. The molecule has 0 aliphatic carbocycles. The Morgan fingerprint density at radius 3 is 2.39 bits per heavy atom. The average molecular weight is 250 g/mol. The highest BCUT2D eigenvalue weighted by Crippen LogP contribution is 2.13. The molecule has 1 rings (SSSR count). The minimum Gasteiger partial charge on any atom is -0.444 e. The third-order valence-electron chi connectivity index (χ3n) is 2.09. The van der Waals surface area contributed by atoms with Crippen LogP contribution < -0.4 is 5.32 Å². The maximum atomic E-state index is 11.5. The molecular formula is C13H18N2O3. The Kier molecular flexibility index (Phi) is 4.83. The quantitative estimate of drug-likeness (QED) is 0.833. The zero-order chi connectivity index (χ0) is 13.6. The van der Waals surface area contributed by atoms with Gasteiger partial charge in [0.1, 0.15) is 5.60 Å². The summed E-state index contributed by atoms with van der Waals surface area (Å²) >= 11 is 0. The lowest BCUT2D eigenvalue weighted by Crippen LogP contribution is -2.27. The number of hydrogen-bond acceptors (Lipinski definition) is 4. The molecule has 0 atom stereocenters. The number of carbonyl (C=O) groups is 1. The number of anilines is 1. The number of nitroso groups, excluding NO2 is 1. The van der Waals surface area contributed by atoms with E-state index in [-0.39, 0.29) is 6.54 Å². The van der Waals surface area contributed by atoms with Gasteiger partial charge in [-0.3, -0.25) is 5.32 Å². The van der Waals surface area contributed by atoms with Crippen molar-refractivity contribution in [1.82, 2.24) is 0 Å². The summed E-state index contributed by atoms with van der Waals surface area (Å²) in [5.74, 6) is 0. The molecule has 1 N–H and O–H groups in total. The van der Waals surface area contributed by atoms with Crippen LogP contribution in [0.2, 0.25) is 0 Å². The Morgan fingerprint density at radius 1 is 1.28 bits per heavy atom. The number of carbonyl (C=O) groups excluding carboxylic acids is 1. The van der Waals surface area contributed by atoms with E-state index in [1.54, 1.807) is 12.1 Å². The lowest BCUT2D eigenvalue weighted by atomic mass is 10.1. The van der Waals surface area contributed by atoms with Gasteiger partial charge in [0, 0.05) is 5.69 Å². The molecule has 0 unspecified atom stereocenters. The van der Waals surface area contributed by atoms with Gasteiger partial charge in [-0.2, -0.15) is 4.91 Å². The third kappa shape index (κ3) is 5.43. The van der Waals surface area contributed by atoms with Crippen LogP contribution in [0.4, 0.5) is 10.5 Å². The van der Waals surface area contributed by atoms with Gasteiger partial charge in [0.25, 0.3) is 0 Å². The number of rotatable bonds is 4. The van der Waals surface area contributed by atoms with Gasteiger partial charge in [-0.05, 0) is 44.9 Å². The van der Waals surface area contributed by atoms with Gasteiger partial charge in [0.15, 0.2) is 0 Å². The lowest BCUT2D eigenvalue weighted by molar-refractivity contribution is 0.0636. The number of nitrogens with zero attached hydrogens (tertiary/aromatic N) is 1. The molecule has 1 amide bonds. The molecule has 0 saturated carbocycles. The molecule has 18 heavy (non-hydrogen) atoms. The molecule has 1 aromatic rings. The van der Waals surface area contributed by atoms with Crippen molar-refractivity contribution in [2.24, 2.45) is 5.18 Å². The van der Waals surface area contributed by atoms with E-state index in [0.29, 0.717) is 12.1 Å². The summed E-state index contributed by atoms with van der Waals surface area (Å²) in [7, 11) is 0. The molecule has 98 valence electrons. The molecule has 0 bridgehead atoms. The number of nitrogens with one attached hydrogen (secondary N) is 1. The summed E-state index contributed by atoms with van der Waals surface area (Å²) in [5.41, 5.74) is 1.15. The van der Waals surface area contributed by atoms with Crippen LogP contribution in [-0.2, 0) is 11.2 Å². The highest BCUT2D eigenvalue weighted by molar-refractivity contribution is 5.84. The normalized spacial score (nSPS) is 10.8. The lowest BCUT2D eigenvalue weighted by Gasteiger charge is -2.19. The van der Waals surface area contributed by atoms with Crippen molar-refractivity contribution in [3.63, 3.8) is 0 Å². The zero-order valence-electron chi connectivity index (χ0n) is 10.9. The number of ether oxygens (including phenoxy) is 1. The predicted octanol–water partition coefficient (Wildman–Crippen LogP) is 3.34. The van der Waals surface area contributed by atoms with E-state index in [0.717, 1.165) is 5.56 Å². The van der Waals surface area contributed by atoms with Gasteiger partial charge >= 0.3 is 6.09 Å². The molecule has 5 heteroatoms. The van der Waals surface area contributed by atoms with Crippen molar-refractivity contribution in [3.8, 4) is 0 Å². The number of benzene rings is 1. The minimum absolute atomic E-state index is 0.263. The van der Waals surface area contributed by atoms with Crippen LogP contribution in [0.15, 0.2) is 29.4 Å². The van der Waals surface area contributed by atoms with Crippen LogP contribution in [0.5, 0.6) is 0 Å². The van der Waals surface area contributed by atoms with Gasteiger partial charge in [0.2, 0.25) is 0 Å². The minimum atomic E-state index is -0.514. The van der Waals surface area contributed by atoms with Crippen molar-refractivity contribution in [3.05, 3.63) is 34.7 Å². The second-order valence-corrected chi connectivity index (χ2v) is 4.93. The van der Waals surface area contributed by atoms with Crippen molar-refractivity contribution < 1.29 is 9.53 Å². The standard InChI is InChI=1S/C13H18N2O3/c1-13(2,3)18-12(16)15-11-6-4-10(5-7-11)8-9-14-17/h4-7H,8-9H2,1-3H3,(H,15,16). The predicted molar refractivity (Wildman–Crippen MR) is 70.7 cm³/mol. The summed E-state index contributed by atoms with van der Waals surface area (Å²) in [4.78, 5) is 21.5. The molecule has 0 fully saturated rings. The van der Waals surface area contributed by atoms with Crippen LogP contribution in [0, 0.1) is 4.91 Å². The monoisotopic (exact) mass is 250 g/mol. The van der Waals surface area contributed by atoms with Crippen LogP contribution in [0.25, 0.3) is 0 Å². The average Bonchev–Trinajstić information content (AvgIpc) is 2.25. The second-order valence-electron chi connectivity index (χ2n) is 4.93. The van der Waals surface area contributed by atoms with Crippen LogP contribution in [0.1, 0.15) is 26.3 Å². The number of amides is 1. The van der Waals surface area contributed by atoms with E-state index in [2.05, 4.69) is 10.5 Å². The van der Waals surface area contributed by atoms with Gasteiger partial charge < -0.3 is 4.74 Å². The smallest absolute Gasteiger partial charge is 0.412 e. The Bertz CT molecular complexity index is 407.